The minimum absolute atomic E-state index is 0.0590. The van der Waals surface area contributed by atoms with E-state index >= 15 is 0 Å². The predicted molar refractivity (Wildman–Crippen MR) is 63.7 cm³/mol. The van der Waals surface area contributed by atoms with E-state index in [2.05, 4.69) is 0 Å². The summed E-state index contributed by atoms with van der Waals surface area (Å²) in [5.41, 5.74) is 1.15. The van der Waals surface area contributed by atoms with Gasteiger partial charge in [0, 0.05) is 5.75 Å². The normalized spacial score (nSPS) is 23.1. The molecule has 1 heterocycles. The molecule has 1 aromatic carbocycles. The zero-order chi connectivity index (χ0) is 9.80. The summed E-state index contributed by atoms with van der Waals surface area (Å²) in [6.07, 6.45) is 1.14. The van der Waals surface area contributed by atoms with Crippen LogP contribution in [-0.4, -0.2) is 16.6 Å². The molecule has 3 heteroatoms. The highest BCUT2D eigenvalue weighted by molar-refractivity contribution is 8.16. The third-order valence-corrected chi connectivity index (χ3v) is 4.64. The topological polar surface area (TPSA) is 17.1 Å². The van der Waals surface area contributed by atoms with Gasteiger partial charge in [0.15, 0.2) is 0 Å². The van der Waals surface area contributed by atoms with Crippen LogP contribution in [0, 0.1) is 0 Å². The minimum atomic E-state index is 0.0590. The van der Waals surface area contributed by atoms with Crippen molar-refractivity contribution in [2.24, 2.45) is 0 Å². The van der Waals surface area contributed by atoms with Crippen molar-refractivity contribution in [3.8, 4) is 0 Å². The van der Waals surface area contributed by atoms with Crippen LogP contribution in [-0.2, 0) is 4.79 Å². The van der Waals surface area contributed by atoms with Crippen LogP contribution in [0.3, 0.4) is 0 Å². The Morgan fingerprint density at radius 1 is 1.14 bits per heavy atom. The molecular weight excluding hydrogens is 212 g/mol. The maximum absolute atomic E-state index is 11.8. The van der Waals surface area contributed by atoms with Crippen LogP contribution < -0.4 is 0 Å². The molecule has 0 radical (unpaired) electrons. The van der Waals surface area contributed by atoms with Crippen LogP contribution in [0.5, 0.6) is 0 Å². The van der Waals surface area contributed by atoms with E-state index in [-0.39, 0.29) is 5.25 Å². The lowest BCUT2D eigenvalue weighted by Gasteiger charge is -2.11. The van der Waals surface area contributed by atoms with Crippen LogP contribution in [0.4, 0.5) is 0 Å². The van der Waals surface area contributed by atoms with Gasteiger partial charge in [0.25, 0.3) is 0 Å². The molecule has 0 amide bonds. The zero-order valence-corrected chi connectivity index (χ0v) is 9.44. The molecule has 14 heavy (non-hydrogen) atoms. The van der Waals surface area contributed by atoms with E-state index in [1.165, 1.54) is 11.8 Å². The zero-order valence-electron chi connectivity index (χ0n) is 7.81. The summed E-state index contributed by atoms with van der Waals surface area (Å²) in [5.74, 6) is 2.08. The summed E-state index contributed by atoms with van der Waals surface area (Å²) >= 11 is 3.26. The first kappa shape index (κ1) is 10.1. The van der Waals surface area contributed by atoms with Gasteiger partial charge < -0.3 is 0 Å². The predicted octanol–water partition coefficient (Wildman–Crippen LogP) is 3.12. The van der Waals surface area contributed by atoms with E-state index in [4.69, 9.17) is 0 Å². The summed E-state index contributed by atoms with van der Waals surface area (Å²) in [6, 6.07) is 10.1. The van der Waals surface area contributed by atoms with Crippen LogP contribution in [0.15, 0.2) is 30.3 Å². The fraction of sp³-hybridized carbons (Fsp3) is 0.364. The average molecular weight is 224 g/mol. The van der Waals surface area contributed by atoms with Gasteiger partial charge in [-0.05, 0) is 17.7 Å². The Morgan fingerprint density at radius 2 is 1.93 bits per heavy atom. The number of benzene rings is 1. The smallest absolute Gasteiger partial charge is 0.206 e. The standard InChI is InChI=1S/C11H12OS2/c12-11-10(13-7-4-8-14-11)9-5-2-1-3-6-9/h1-3,5-6,10H,4,7-8H2. The van der Waals surface area contributed by atoms with Crippen LogP contribution >= 0.6 is 23.5 Å². The van der Waals surface area contributed by atoms with Crippen molar-refractivity contribution in [3.05, 3.63) is 35.9 Å². The molecule has 1 aliphatic heterocycles. The van der Waals surface area contributed by atoms with Gasteiger partial charge >= 0.3 is 0 Å². The molecule has 1 unspecified atom stereocenters. The van der Waals surface area contributed by atoms with E-state index in [1.807, 2.05) is 30.3 Å². The first-order chi connectivity index (χ1) is 6.88. The fourth-order valence-corrected chi connectivity index (χ4v) is 3.84. The number of rotatable bonds is 1. The number of carbonyl (C=O) groups is 1. The summed E-state index contributed by atoms with van der Waals surface area (Å²) < 4.78 is 0. The molecule has 0 aliphatic carbocycles. The van der Waals surface area contributed by atoms with Gasteiger partial charge in [-0.15, -0.1) is 11.8 Å². The minimum Gasteiger partial charge on any atom is -0.286 e. The molecule has 74 valence electrons. The average Bonchev–Trinajstić information content (AvgIpc) is 2.44. The van der Waals surface area contributed by atoms with Crippen molar-refractivity contribution in [2.75, 3.05) is 11.5 Å². The highest BCUT2D eigenvalue weighted by Gasteiger charge is 2.23. The maximum atomic E-state index is 11.8. The van der Waals surface area contributed by atoms with Crippen molar-refractivity contribution in [3.63, 3.8) is 0 Å². The van der Waals surface area contributed by atoms with Crippen molar-refractivity contribution in [2.45, 2.75) is 11.7 Å². The third kappa shape index (κ3) is 2.34. The van der Waals surface area contributed by atoms with Gasteiger partial charge in [-0.25, -0.2) is 0 Å². The Bertz CT molecular complexity index is 310. The molecule has 0 N–H and O–H groups in total. The van der Waals surface area contributed by atoms with Crippen LogP contribution in [0.1, 0.15) is 17.2 Å². The van der Waals surface area contributed by atoms with E-state index in [1.54, 1.807) is 11.8 Å². The number of hydrogen-bond acceptors (Lipinski definition) is 3. The Kier molecular flexibility index (Phi) is 3.54. The first-order valence-corrected chi connectivity index (χ1v) is 6.74. The van der Waals surface area contributed by atoms with Gasteiger partial charge in [0.1, 0.15) is 0 Å². The van der Waals surface area contributed by atoms with Crippen LogP contribution in [0.2, 0.25) is 0 Å². The summed E-state index contributed by atoms with van der Waals surface area (Å²) in [7, 11) is 0. The van der Waals surface area contributed by atoms with Crippen molar-refractivity contribution in [1.82, 2.24) is 0 Å². The molecule has 1 nitrogen and oxygen atoms in total. The molecule has 1 saturated heterocycles. The first-order valence-electron chi connectivity index (χ1n) is 4.71. The van der Waals surface area contributed by atoms with Crippen LogP contribution in [0.25, 0.3) is 0 Å². The lowest BCUT2D eigenvalue weighted by molar-refractivity contribution is -0.110. The second kappa shape index (κ2) is 4.89. The Morgan fingerprint density at radius 3 is 2.71 bits per heavy atom. The fourth-order valence-electron chi connectivity index (χ4n) is 1.44. The highest BCUT2D eigenvalue weighted by atomic mass is 32.2. The molecule has 2 rings (SSSR count). The lowest BCUT2D eigenvalue weighted by atomic mass is 10.2. The molecule has 0 bridgehead atoms. The monoisotopic (exact) mass is 224 g/mol. The molecule has 1 atom stereocenters. The molecule has 0 aromatic heterocycles. The summed E-state index contributed by atoms with van der Waals surface area (Å²) in [6.45, 7) is 0. The van der Waals surface area contributed by atoms with E-state index in [9.17, 15) is 4.79 Å². The number of carbonyl (C=O) groups excluding carboxylic acids is 1. The largest absolute Gasteiger partial charge is 0.286 e. The number of hydrogen-bond donors (Lipinski definition) is 0. The number of thioether (sulfide) groups is 2. The maximum Gasteiger partial charge on any atom is 0.206 e. The third-order valence-electron chi connectivity index (χ3n) is 2.13. The van der Waals surface area contributed by atoms with Crippen molar-refractivity contribution >= 4 is 28.6 Å². The molecule has 0 spiro atoms. The van der Waals surface area contributed by atoms with Gasteiger partial charge in [0.05, 0.1) is 5.25 Å². The lowest BCUT2D eigenvalue weighted by Crippen LogP contribution is -2.03. The van der Waals surface area contributed by atoms with E-state index in [0.717, 1.165) is 23.5 Å². The Balaban J connectivity index is 2.19. The second-order valence-corrected chi connectivity index (χ2v) is 5.49. The summed E-state index contributed by atoms with van der Waals surface area (Å²) in [5, 5.41) is 0.377. The van der Waals surface area contributed by atoms with Crippen molar-refractivity contribution in [1.29, 1.82) is 0 Å². The van der Waals surface area contributed by atoms with E-state index < -0.39 is 0 Å². The van der Waals surface area contributed by atoms with Gasteiger partial charge in [0.2, 0.25) is 5.12 Å². The SMILES string of the molecule is O=C1SCCCSC1c1ccccc1. The van der Waals surface area contributed by atoms with Gasteiger partial charge in [-0.1, -0.05) is 42.1 Å². The highest BCUT2D eigenvalue weighted by Crippen LogP contribution is 2.36. The molecule has 1 aromatic rings. The van der Waals surface area contributed by atoms with E-state index in [0.29, 0.717) is 5.12 Å². The molecular formula is C11H12OS2. The molecule has 1 aliphatic rings. The molecule has 1 fully saturated rings. The Hall–Kier alpha value is -0.410. The Labute approximate surface area is 92.7 Å². The summed E-state index contributed by atoms with van der Waals surface area (Å²) in [4.78, 5) is 11.8. The quantitative estimate of drug-likeness (QED) is 0.729. The van der Waals surface area contributed by atoms with Gasteiger partial charge in [-0.3, -0.25) is 4.79 Å². The molecule has 0 saturated carbocycles. The van der Waals surface area contributed by atoms with Crippen molar-refractivity contribution < 1.29 is 4.79 Å². The second-order valence-electron chi connectivity index (χ2n) is 3.18. The van der Waals surface area contributed by atoms with Gasteiger partial charge in [-0.2, -0.15) is 0 Å².